The molecule has 0 heterocycles. The van der Waals surface area contributed by atoms with Crippen molar-refractivity contribution in [2.75, 3.05) is 26.9 Å². The number of rotatable bonds is 10. The monoisotopic (exact) mass is 231 g/mol. The Labute approximate surface area is 101 Å². The molecule has 0 amide bonds. The average Bonchev–Trinajstić information content (AvgIpc) is 2.21. The Bertz CT molecular complexity index is 151. The minimum absolute atomic E-state index is 0.416. The summed E-state index contributed by atoms with van der Waals surface area (Å²) in [4.78, 5) is 0. The third kappa shape index (κ3) is 10.4. The van der Waals surface area contributed by atoms with Crippen LogP contribution in [-0.4, -0.2) is 39.0 Å². The summed E-state index contributed by atoms with van der Waals surface area (Å²) >= 11 is 0. The molecule has 16 heavy (non-hydrogen) atoms. The zero-order valence-electron chi connectivity index (χ0n) is 11.6. The number of hydrogen-bond donors (Lipinski definition) is 1. The van der Waals surface area contributed by atoms with Crippen molar-refractivity contribution in [2.45, 2.75) is 52.6 Å². The fraction of sp³-hybridized carbons (Fsp3) is 1.00. The van der Waals surface area contributed by atoms with Crippen LogP contribution in [0.3, 0.4) is 0 Å². The quantitative estimate of drug-likeness (QED) is 0.586. The van der Waals surface area contributed by atoms with E-state index in [0.717, 1.165) is 12.5 Å². The molecule has 0 saturated carbocycles. The molecule has 0 aromatic heterocycles. The maximum atomic E-state index is 5.47. The molecule has 2 atom stereocenters. The van der Waals surface area contributed by atoms with E-state index in [2.05, 4.69) is 33.0 Å². The van der Waals surface area contributed by atoms with Gasteiger partial charge in [-0.25, -0.2) is 0 Å². The van der Waals surface area contributed by atoms with Crippen molar-refractivity contribution in [3.8, 4) is 0 Å². The SMILES string of the molecule is COCCOCC(C)NC(C)CCC(C)C. The zero-order chi connectivity index (χ0) is 12.4. The molecule has 3 nitrogen and oxygen atoms in total. The van der Waals surface area contributed by atoms with Gasteiger partial charge in [-0.05, 0) is 32.6 Å². The number of nitrogens with one attached hydrogen (secondary N) is 1. The Kier molecular flexibility index (Phi) is 9.99. The molecule has 98 valence electrons. The summed E-state index contributed by atoms with van der Waals surface area (Å²) in [5.41, 5.74) is 0. The van der Waals surface area contributed by atoms with Crippen molar-refractivity contribution < 1.29 is 9.47 Å². The molecule has 0 rings (SSSR count). The lowest BCUT2D eigenvalue weighted by Crippen LogP contribution is -2.37. The first-order chi connectivity index (χ1) is 7.56. The highest BCUT2D eigenvalue weighted by atomic mass is 16.5. The first kappa shape index (κ1) is 15.9. The molecule has 0 bridgehead atoms. The Balaban J connectivity index is 3.42. The Morgan fingerprint density at radius 3 is 2.19 bits per heavy atom. The van der Waals surface area contributed by atoms with E-state index >= 15 is 0 Å². The van der Waals surface area contributed by atoms with Gasteiger partial charge in [-0.1, -0.05) is 13.8 Å². The van der Waals surface area contributed by atoms with Gasteiger partial charge in [0.25, 0.3) is 0 Å². The Morgan fingerprint density at radius 2 is 1.62 bits per heavy atom. The normalized spacial score (nSPS) is 15.4. The van der Waals surface area contributed by atoms with Crippen molar-refractivity contribution in [1.82, 2.24) is 5.32 Å². The predicted molar refractivity (Wildman–Crippen MR) is 68.8 cm³/mol. The molecule has 0 aromatic rings. The molecule has 0 aliphatic rings. The van der Waals surface area contributed by atoms with Crippen LogP contribution in [0.4, 0.5) is 0 Å². The van der Waals surface area contributed by atoms with Crippen molar-refractivity contribution in [3.05, 3.63) is 0 Å². The predicted octanol–water partition coefficient (Wildman–Crippen LogP) is 2.45. The van der Waals surface area contributed by atoms with E-state index in [-0.39, 0.29) is 0 Å². The summed E-state index contributed by atoms with van der Waals surface area (Å²) in [5, 5.41) is 3.55. The average molecular weight is 231 g/mol. The van der Waals surface area contributed by atoms with E-state index in [1.165, 1.54) is 12.8 Å². The standard InChI is InChI=1S/C13H29NO2/c1-11(2)6-7-12(3)14-13(4)10-16-9-8-15-5/h11-14H,6-10H2,1-5H3. The highest BCUT2D eigenvalue weighted by Crippen LogP contribution is 2.06. The van der Waals surface area contributed by atoms with Crippen LogP contribution in [-0.2, 0) is 9.47 Å². The lowest BCUT2D eigenvalue weighted by atomic mass is 10.0. The van der Waals surface area contributed by atoms with Crippen LogP contribution in [0, 0.1) is 5.92 Å². The van der Waals surface area contributed by atoms with E-state index in [1.54, 1.807) is 7.11 Å². The second kappa shape index (κ2) is 10.1. The lowest BCUT2D eigenvalue weighted by molar-refractivity contribution is 0.0594. The number of ether oxygens (including phenoxy) is 2. The van der Waals surface area contributed by atoms with E-state index in [9.17, 15) is 0 Å². The van der Waals surface area contributed by atoms with E-state index in [0.29, 0.717) is 25.3 Å². The highest BCUT2D eigenvalue weighted by Gasteiger charge is 2.07. The molecule has 0 fully saturated rings. The highest BCUT2D eigenvalue weighted by molar-refractivity contribution is 4.67. The fourth-order valence-electron chi connectivity index (χ4n) is 1.60. The summed E-state index contributed by atoms with van der Waals surface area (Å²) in [5.74, 6) is 0.789. The minimum Gasteiger partial charge on any atom is -0.382 e. The first-order valence-electron chi connectivity index (χ1n) is 6.39. The molecule has 0 aliphatic carbocycles. The summed E-state index contributed by atoms with van der Waals surface area (Å²) in [6.45, 7) is 11.1. The smallest absolute Gasteiger partial charge is 0.0701 e. The van der Waals surface area contributed by atoms with Crippen molar-refractivity contribution in [3.63, 3.8) is 0 Å². The largest absolute Gasteiger partial charge is 0.382 e. The van der Waals surface area contributed by atoms with Gasteiger partial charge in [-0.3, -0.25) is 0 Å². The number of hydrogen-bond acceptors (Lipinski definition) is 3. The van der Waals surface area contributed by atoms with Gasteiger partial charge in [0.1, 0.15) is 0 Å². The first-order valence-corrected chi connectivity index (χ1v) is 6.39. The van der Waals surface area contributed by atoms with Crippen LogP contribution in [0.15, 0.2) is 0 Å². The summed E-state index contributed by atoms with van der Waals surface area (Å²) in [6.07, 6.45) is 2.52. The molecule has 0 aromatic carbocycles. The van der Waals surface area contributed by atoms with E-state index < -0.39 is 0 Å². The van der Waals surface area contributed by atoms with Gasteiger partial charge < -0.3 is 14.8 Å². The molecular weight excluding hydrogens is 202 g/mol. The van der Waals surface area contributed by atoms with Gasteiger partial charge in [0, 0.05) is 19.2 Å². The molecule has 0 saturated heterocycles. The van der Waals surface area contributed by atoms with Crippen LogP contribution >= 0.6 is 0 Å². The van der Waals surface area contributed by atoms with Crippen molar-refractivity contribution in [1.29, 1.82) is 0 Å². The molecule has 0 radical (unpaired) electrons. The molecule has 0 aliphatic heterocycles. The third-order valence-electron chi connectivity index (χ3n) is 2.55. The Hall–Kier alpha value is -0.120. The summed E-state index contributed by atoms with van der Waals surface area (Å²) in [7, 11) is 1.69. The molecule has 2 unspecified atom stereocenters. The third-order valence-corrected chi connectivity index (χ3v) is 2.55. The Morgan fingerprint density at radius 1 is 0.938 bits per heavy atom. The summed E-state index contributed by atoms with van der Waals surface area (Å²) in [6, 6.07) is 0.988. The molecule has 3 heteroatoms. The van der Waals surface area contributed by atoms with Gasteiger partial charge >= 0.3 is 0 Å². The molecule has 1 N–H and O–H groups in total. The maximum absolute atomic E-state index is 5.47. The van der Waals surface area contributed by atoms with Gasteiger partial charge in [0.15, 0.2) is 0 Å². The van der Waals surface area contributed by atoms with E-state index in [1.807, 2.05) is 0 Å². The second-order valence-electron chi connectivity index (χ2n) is 5.01. The van der Waals surface area contributed by atoms with Crippen LogP contribution in [0.25, 0.3) is 0 Å². The summed E-state index contributed by atoms with van der Waals surface area (Å²) < 4.78 is 10.4. The maximum Gasteiger partial charge on any atom is 0.0701 e. The van der Waals surface area contributed by atoms with Gasteiger partial charge in [0.05, 0.1) is 19.8 Å². The lowest BCUT2D eigenvalue weighted by Gasteiger charge is -2.20. The minimum atomic E-state index is 0.416. The van der Waals surface area contributed by atoms with Crippen LogP contribution in [0.1, 0.15) is 40.5 Å². The van der Waals surface area contributed by atoms with Crippen LogP contribution < -0.4 is 5.32 Å². The number of methoxy groups -OCH3 is 1. The van der Waals surface area contributed by atoms with Crippen molar-refractivity contribution in [2.24, 2.45) is 5.92 Å². The second-order valence-corrected chi connectivity index (χ2v) is 5.01. The fourth-order valence-corrected chi connectivity index (χ4v) is 1.60. The van der Waals surface area contributed by atoms with Crippen LogP contribution in [0.5, 0.6) is 0 Å². The van der Waals surface area contributed by atoms with Gasteiger partial charge in [-0.2, -0.15) is 0 Å². The zero-order valence-corrected chi connectivity index (χ0v) is 11.6. The van der Waals surface area contributed by atoms with Crippen LogP contribution in [0.2, 0.25) is 0 Å². The van der Waals surface area contributed by atoms with Gasteiger partial charge in [0.2, 0.25) is 0 Å². The van der Waals surface area contributed by atoms with Gasteiger partial charge in [-0.15, -0.1) is 0 Å². The van der Waals surface area contributed by atoms with Crippen molar-refractivity contribution >= 4 is 0 Å². The topological polar surface area (TPSA) is 30.5 Å². The molecule has 0 spiro atoms. The molecular formula is C13H29NO2. The van der Waals surface area contributed by atoms with E-state index in [4.69, 9.17) is 9.47 Å².